The van der Waals surface area contributed by atoms with Crippen molar-refractivity contribution in [1.29, 1.82) is 0 Å². The summed E-state index contributed by atoms with van der Waals surface area (Å²) in [6, 6.07) is 13.0. The van der Waals surface area contributed by atoms with Crippen molar-refractivity contribution in [3.63, 3.8) is 0 Å². The fourth-order valence-corrected chi connectivity index (χ4v) is 1.83. The first-order valence-corrected chi connectivity index (χ1v) is 6.26. The van der Waals surface area contributed by atoms with Gasteiger partial charge in [-0.2, -0.15) is 0 Å². The molecule has 0 aromatic heterocycles. The van der Waals surface area contributed by atoms with Gasteiger partial charge in [0.1, 0.15) is 5.75 Å². The molecular weight excluding hydrogens is 272 g/mol. The first-order chi connectivity index (χ1) is 10.1. The third kappa shape index (κ3) is 4.04. The molecule has 0 heterocycles. The zero-order valence-corrected chi connectivity index (χ0v) is 11.4. The molecule has 2 aromatic rings. The lowest BCUT2D eigenvalue weighted by atomic mass is 10.1. The fourth-order valence-electron chi connectivity index (χ4n) is 1.83. The Hall–Kier alpha value is -2.89. The first-order valence-electron chi connectivity index (χ1n) is 6.26. The number of carbonyl (C=O) groups is 1. The molecule has 108 valence electrons. The summed E-state index contributed by atoms with van der Waals surface area (Å²) in [5.41, 5.74) is 1.18. The van der Waals surface area contributed by atoms with Crippen LogP contribution >= 0.6 is 0 Å². The third-order valence-corrected chi connectivity index (χ3v) is 2.86. The second-order valence-corrected chi connectivity index (χ2v) is 4.38. The normalized spacial score (nSPS) is 9.95. The number of carbonyl (C=O) groups excluding carboxylic acids is 1. The van der Waals surface area contributed by atoms with Crippen LogP contribution in [0.1, 0.15) is 5.56 Å². The molecule has 0 aliphatic rings. The molecule has 2 rings (SSSR count). The molecule has 0 radical (unpaired) electrons. The van der Waals surface area contributed by atoms with Crippen molar-refractivity contribution < 1.29 is 14.5 Å². The van der Waals surface area contributed by atoms with Crippen molar-refractivity contribution in [3.05, 3.63) is 64.2 Å². The minimum Gasteiger partial charge on any atom is -0.497 e. The Morgan fingerprint density at radius 3 is 2.57 bits per heavy atom. The summed E-state index contributed by atoms with van der Waals surface area (Å²) < 4.78 is 5.04. The summed E-state index contributed by atoms with van der Waals surface area (Å²) in [6.45, 7) is 0. The van der Waals surface area contributed by atoms with Gasteiger partial charge in [-0.3, -0.25) is 14.9 Å². The molecule has 6 nitrogen and oxygen atoms in total. The summed E-state index contributed by atoms with van der Waals surface area (Å²) >= 11 is 0. The van der Waals surface area contributed by atoms with Gasteiger partial charge in [-0.15, -0.1) is 0 Å². The monoisotopic (exact) mass is 286 g/mol. The van der Waals surface area contributed by atoms with E-state index >= 15 is 0 Å². The molecule has 0 spiro atoms. The second kappa shape index (κ2) is 6.51. The Bertz CT molecular complexity index is 653. The maximum Gasteiger partial charge on any atom is 0.271 e. The Labute approximate surface area is 121 Å². The molecule has 6 heteroatoms. The number of hydrogen-bond acceptors (Lipinski definition) is 4. The first kappa shape index (κ1) is 14.5. The van der Waals surface area contributed by atoms with Crippen LogP contribution in [0.4, 0.5) is 11.4 Å². The van der Waals surface area contributed by atoms with Gasteiger partial charge in [-0.25, -0.2) is 0 Å². The number of ether oxygens (including phenoxy) is 1. The lowest BCUT2D eigenvalue weighted by Gasteiger charge is -2.06. The standard InChI is InChI=1S/C15H14N2O4/c1-21-14-7-5-11(6-8-14)9-15(18)16-12-3-2-4-13(10-12)17(19)20/h2-8,10H,9H2,1H3,(H,16,18). The van der Waals surface area contributed by atoms with Gasteiger partial charge < -0.3 is 10.1 Å². The number of nitrogens with one attached hydrogen (secondary N) is 1. The van der Waals surface area contributed by atoms with Crippen LogP contribution in [0.15, 0.2) is 48.5 Å². The minimum atomic E-state index is -0.501. The van der Waals surface area contributed by atoms with E-state index < -0.39 is 4.92 Å². The number of amides is 1. The van der Waals surface area contributed by atoms with Gasteiger partial charge in [-0.05, 0) is 23.8 Å². The molecule has 0 saturated carbocycles. The van der Waals surface area contributed by atoms with Gasteiger partial charge in [0.15, 0.2) is 0 Å². The van der Waals surface area contributed by atoms with E-state index in [2.05, 4.69) is 5.32 Å². The van der Waals surface area contributed by atoms with Crippen LogP contribution in [0.3, 0.4) is 0 Å². The van der Waals surface area contributed by atoms with Gasteiger partial charge in [-0.1, -0.05) is 18.2 Å². The van der Waals surface area contributed by atoms with E-state index in [-0.39, 0.29) is 18.0 Å². The summed E-state index contributed by atoms with van der Waals surface area (Å²) in [4.78, 5) is 22.1. The number of nitrogens with zero attached hydrogens (tertiary/aromatic N) is 1. The van der Waals surface area contributed by atoms with E-state index in [0.717, 1.165) is 11.3 Å². The molecule has 0 bridgehead atoms. The molecule has 21 heavy (non-hydrogen) atoms. The van der Waals surface area contributed by atoms with Crippen molar-refractivity contribution in [1.82, 2.24) is 0 Å². The zero-order valence-electron chi connectivity index (χ0n) is 11.4. The lowest BCUT2D eigenvalue weighted by Crippen LogP contribution is -2.14. The average Bonchev–Trinajstić information content (AvgIpc) is 2.48. The van der Waals surface area contributed by atoms with Crippen molar-refractivity contribution >= 4 is 17.3 Å². The summed E-state index contributed by atoms with van der Waals surface area (Å²) in [6.07, 6.45) is 0.187. The Balaban J connectivity index is 2.00. The van der Waals surface area contributed by atoms with E-state index in [0.29, 0.717) is 5.69 Å². The average molecular weight is 286 g/mol. The van der Waals surface area contributed by atoms with Crippen LogP contribution in [0.5, 0.6) is 5.75 Å². The molecule has 0 saturated heterocycles. The topological polar surface area (TPSA) is 81.5 Å². The Morgan fingerprint density at radius 1 is 1.24 bits per heavy atom. The van der Waals surface area contributed by atoms with E-state index in [4.69, 9.17) is 4.74 Å². The summed E-state index contributed by atoms with van der Waals surface area (Å²) in [5, 5.41) is 13.3. The number of hydrogen-bond donors (Lipinski definition) is 1. The Kier molecular flexibility index (Phi) is 4.50. The number of rotatable bonds is 5. The van der Waals surface area contributed by atoms with Gasteiger partial charge >= 0.3 is 0 Å². The highest BCUT2D eigenvalue weighted by Gasteiger charge is 2.08. The van der Waals surface area contributed by atoms with E-state index in [1.807, 2.05) is 0 Å². The molecule has 0 unspecified atom stereocenters. The molecule has 2 aromatic carbocycles. The second-order valence-electron chi connectivity index (χ2n) is 4.38. The van der Waals surface area contributed by atoms with Crippen LogP contribution < -0.4 is 10.1 Å². The number of nitro benzene ring substituents is 1. The molecule has 0 aliphatic heterocycles. The molecule has 0 atom stereocenters. The van der Waals surface area contributed by atoms with Crippen LogP contribution in [-0.4, -0.2) is 17.9 Å². The van der Waals surface area contributed by atoms with Gasteiger partial charge in [0.2, 0.25) is 5.91 Å². The number of anilines is 1. The van der Waals surface area contributed by atoms with Crippen molar-refractivity contribution in [2.45, 2.75) is 6.42 Å². The predicted molar refractivity (Wildman–Crippen MR) is 78.4 cm³/mol. The van der Waals surface area contributed by atoms with E-state index in [1.54, 1.807) is 37.4 Å². The number of benzene rings is 2. The molecule has 0 aliphatic carbocycles. The van der Waals surface area contributed by atoms with Gasteiger partial charge in [0, 0.05) is 17.8 Å². The molecule has 1 N–H and O–H groups in total. The van der Waals surface area contributed by atoms with Gasteiger partial charge in [0.05, 0.1) is 18.5 Å². The highest BCUT2D eigenvalue weighted by atomic mass is 16.6. The van der Waals surface area contributed by atoms with E-state index in [9.17, 15) is 14.9 Å². The van der Waals surface area contributed by atoms with Crippen LogP contribution in [-0.2, 0) is 11.2 Å². The molecular formula is C15H14N2O4. The van der Waals surface area contributed by atoms with Crippen molar-refractivity contribution in [3.8, 4) is 5.75 Å². The SMILES string of the molecule is COc1ccc(CC(=O)Nc2cccc([N+](=O)[O-])c2)cc1. The summed E-state index contributed by atoms with van der Waals surface area (Å²) in [5.74, 6) is 0.485. The number of nitro groups is 1. The quantitative estimate of drug-likeness (QED) is 0.677. The smallest absolute Gasteiger partial charge is 0.271 e. The highest BCUT2D eigenvalue weighted by molar-refractivity contribution is 5.92. The lowest BCUT2D eigenvalue weighted by molar-refractivity contribution is -0.384. The van der Waals surface area contributed by atoms with Crippen molar-refractivity contribution in [2.75, 3.05) is 12.4 Å². The van der Waals surface area contributed by atoms with Crippen molar-refractivity contribution in [2.24, 2.45) is 0 Å². The van der Waals surface area contributed by atoms with Gasteiger partial charge in [0.25, 0.3) is 5.69 Å². The molecule has 0 fully saturated rings. The zero-order chi connectivity index (χ0) is 15.2. The predicted octanol–water partition coefficient (Wildman–Crippen LogP) is 2.78. The van der Waals surface area contributed by atoms with Crippen LogP contribution in [0.25, 0.3) is 0 Å². The summed E-state index contributed by atoms with van der Waals surface area (Å²) in [7, 11) is 1.57. The maximum atomic E-state index is 11.9. The largest absolute Gasteiger partial charge is 0.497 e. The minimum absolute atomic E-state index is 0.0581. The van der Waals surface area contributed by atoms with Crippen LogP contribution in [0, 0.1) is 10.1 Å². The third-order valence-electron chi connectivity index (χ3n) is 2.86. The maximum absolute atomic E-state index is 11.9. The Morgan fingerprint density at radius 2 is 1.95 bits per heavy atom. The molecule has 1 amide bonds. The number of non-ortho nitro benzene ring substituents is 1. The fraction of sp³-hybridized carbons (Fsp3) is 0.133. The van der Waals surface area contributed by atoms with E-state index in [1.165, 1.54) is 18.2 Å². The highest BCUT2D eigenvalue weighted by Crippen LogP contribution is 2.17. The number of methoxy groups -OCH3 is 1. The van der Waals surface area contributed by atoms with Crippen LogP contribution in [0.2, 0.25) is 0 Å².